The third-order valence-corrected chi connectivity index (χ3v) is 8.68. The number of aromatic carboxylic acids is 1. The van der Waals surface area contributed by atoms with E-state index in [-0.39, 0.29) is 11.4 Å². The summed E-state index contributed by atoms with van der Waals surface area (Å²) in [7, 11) is 0. The molecule has 0 amide bonds. The molecule has 0 aliphatic carbocycles. The third kappa shape index (κ3) is 6.21. The molecule has 2 aliphatic heterocycles. The minimum Gasteiger partial charge on any atom is -0.488 e. The molecule has 2 aliphatic rings. The van der Waals surface area contributed by atoms with Crippen LogP contribution in [0.3, 0.4) is 0 Å². The number of para-hydroxylation sites is 1. The van der Waals surface area contributed by atoms with E-state index in [1.807, 2.05) is 37.3 Å². The Bertz CT molecular complexity index is 1630. The lowest BCUT2D eigenvalue weighted by atomic mass is 9.93. The molecule has 4 aromatic rings. The predicted molar refractivity (Wildman–Crippen MR) is 168 cm³/mol. The van der Waals surface area contributed by atoms with Crippen molar-refractivity contribution in [2.24, 2.45) is 0 Å². The monoisotopic (exact) mass is 596 g/mol. The minimum atomic E-state index is -1.10. The third-order valence-electron chi connectivity index (χ3n) is 8.68. The number of carboxylic acids is 1. The Balaban J connectivity index is 1.20. The molecule has 2 atom stereocenters. The van der Waals surface area contributed by atoms with Crippen molar-refractivity contribution in [1.82, 2.24) is 19.7 Å². The molecule has 230 valence electrons. The summed E-state index contributed by atoms with van der Waals surface area (Å²) in [6, 6.07) is 18.9. The van der Waals surface area contributed by atoms with Crippen molar-refractivity contribution in [3.8, 4) is 28.7 Å². The highest BCUT2D eigenvalue weighted by molar-refractivity contribution is 5.90. The number of aryl methyl sites for hydroxylation is 1. The van der Waals surface area contributed by atoms with E-state index in [4.69, 9.17) is 19.2 Å². The van der Waals surface area contributed by atoms with Gasteiger partial charge in [0.25, 0.3) is 0 Å². The van der Waals surface area contributed by atoms with Gasteiger partial charge in [0.1, 0.15) is 17.9 Å². The van der Waals surface area contributed by atoms with Gasteiger partial charge in [-0.15, -0.1) is 0 Å². The maximum Gasteiger partial charge on any atom is 0.342 e. The summed E-state index contributed by atoms with van der Waals surface area (Å²) in [5.41, 5.74) is 6.51. The number of pyridine rings is 1. The Hall–Kier alpha value is -4.21. The van der Waals surface area contributed by atoms with Crippen LogP contribution in [0.2, 0.25) is 0 Å². The average Bonchev–Trinajstić information content (AvgIpc) is 3.48. The van der Waals surface area contributed by atoms with E-state index < -0.39 is 5.97 Å². The Morgan fingerprint density at radius 3 is 2.77 bits per heavy atom. The lowest BCUT2D eigenvalue weighted by Crippen LogP contribution is -2.44. The number of hydrogen-bond donors (Lipinski definition) is 1. The predicted octanol–water partition coefficient (Wildman–Crippen LogP) is 6.23. The average molecular weight is 597 g/mol. The molecule has 6 rings (SSSR count). The molecule has 9 heteroatoms. The SMILES string of the molecule is CCOc1c(C(=O)O)cnn1-c1cccc(-c2cccc(C)c2OCc2ccc3c(c2)CCN(C2CCOC(CC)C2)C3)n1. The van der Waals surface area contributed by atoms with Gasteiger partial charge in [-0.25, -0.2) is 9.78 Å². The van der Waals surface area contributed by atoms with Gasteiger partial charge < -0.3 is 19.3 Å². The molecule has 0 spiro atoms. The van der Waals surface area contributed by atoms with Crippen molar-refractivity contribution in [3.05, 3.63) is 88.6 Å². The molecule has 0 saturated carbocycles. The second-order valence-electron chi connectivity index (χ2n) is 11.5. The van der Waals surface area contributed by atoms with Crippen LogP contribution in [0, 0.1) is 6.92 Å². The number of hydrogen-bond acceptors (Lipinski definition) is 7. The van der Waals surface area contributed by atoms with E-state index >= 15 is 0 Å². The van der Waals surface area contributed by atoms with Crippen LogP contribution in [-0.2, 0) is 24.3 Å². The largest absolute Gasteiger partial charge is 0.488 e. The van der Waals surface area contributed by atoms with Crippen molar-refractivity contribution in [3.63, 3.8) is 0 Å². The van der Waals surface area contributed by atoms with Crippen molar-refractivity contribution in [2.75, 3.05) is 19.8 Å². The van der Waals surface area contributed by atoms with Crippen molar-refractivity contribution < 1.29 is 24.1 Å². The molecule has 0 radical (unpaired) electrons. The Morgan fingerprint density at radius 1 is 1.09 bits per heavy atom. The van der Waals surface area contributed by atoms with Gasteiger partial charge in [0.15, 0.2) is 5.82 Å². The summed E-state index contributed by atoms with van der Waals surface area (Å²) in [5.74, 6) is 0.274. The Kier molecular flexibility index (Phi) is 8.95. The highest BCUT2D eigenvalue weighted by Crippen LogP contribution is 2.34. The Labute approximate surface area is 258 Å². The molecule has 1 fully saturated rings. The number of rotatable bonds is 10. The van der Waals surface area contributed by atoms with E-state index in [2.05, 4.69) is 35.1 Å². The first-order valence-electron chi connectivity index (χ1n) is 15.6. The fraction of sp³-hybridized carbons (Fsp3) is 0.400. The number of fused-ring (bicyclic) bond motifs is 1. The highest BCUT2D eigenvalue weighted by Gasteiger charge is 2.29. The number of nitrogens with zero attached hydrogens (tertiary/aromatic N) is 4. The molecule has 9 nitrogen and oxygen atoms in total. The van der Waals surface area contributed by atoms with E-state index in [0.717, 1.165) is 67.8 Å². The second kappa shape index (κ2) is 13.2. The first-order chi connectivity index (χ1) is 21.4. The van der Waals surface area contributed by atoms with E-state index in [0.29, 0.717) is 36.9 Å². The van der Waals surface area contributed by atoms with E-state index in [1.54, 1.807) is 13.0 Å². The van der Waals surface area contributed by atoms with Gasteiger partial charge >= 0.3 is 5.97 Å². The van der Waals surface area contributed by atoms with Gasteiger partial charge in [-0.1, -0.05) is 43.3 Å². The number of aromatic nitrogens is 3. The molecule has 1 saturated heterocycles. The Morgan fingerprint density at radius 2 is 1.95 bits per heavy atom. The summed E-state index contributed by atoms with van der Waals surface area (Å²) in [4.78, 5) is 19.2. The van der Waals surface area contributed by atoms with Gasteiger partial charge in [0.05, 0.1) is 24.6 Å². The van der Waals surface area contributed by atoms with Gasteiger partial charge in [-0.05, 0) is 80.0 Å². The van der Waals surface area contributed by atoms with Crippen LogP contribution in [0.1, 0.15) is 65.7 Å². The second-order valence-corrected chi connectivity index (χ2v) is 11.5. The summed E-state index contributed by atoms with van der Waals surface area (Å²) >= 11 is 0. The zero-order valence-electron chi connectivity index (χ0n) is 25.7. The molecular formula is C35H40N4O5. The topological polar surface area (TPSA) is 98.9 Å². The smallest absolute Gasteiger partial charge is 0.342 e. The number of benzene rings is 2. The van der Waals surface area contributed by atoms with Crippen LogP contribution in [0.4, 0.5) is 0 Å². The summed E-state index contributed by atoms with van der Waals surface area (Å²) in [6.45, 7) is 9.74. The lowest BCUT2D eigenvalue weighted by Gasteiger charge is -2.40. The molecule has 2 aromatic heterocycles. The molecular weight excluding hydrogens is 556 g/mol. The zero-order valence-corrected chi connectivity index (χ0v) is 25.7. The van der Waals surface area contributed by atoms with Crippen molar-refractivity contribution in [2.45, 2.75) is 71.8 Å². The normalized spacial score (nSPS) is 18.5. The number of carbonyl (C=O) groups is 1. The summed E-state index contributed by atoms with van der Waals surface area (Å²) in [6.07, 6.45) is 6.05. The van der Waals surface area contributed by atoms with Crippen LogP contribution >= 0.6 is 0 Å². The standard InChI is InChI=1S/C35H40N4O5/c1-4-28-19-27(15-17-43-28)38-16-14-25-18-24(12-13-26(25)21-38)22-44-33-23(3)8-6-9-29(33)31-10-7-11-32(37-31)39-34(42-5-2)30(20-36-39)35(40)41/h6-13,18,20,27-28H,4-5,14-17,19,21-22H2,1-3H3,(H,40,41). The fourth-order valence-corrected chi connectivity index (χ4v) is 6.32. The summed E-state index contributed by atoms with van der Waals surface area (Å²) in [5, 5.41) is 13.8. The fourth-order valence-electron chi connectivity index (χ4n) is 6.32. The van der Waals surface area contributed by atoms with Crippen LogP contribution in [0.5, 0.6) is 11.6 Å². The number of ether oxygens (including phenoxy) is 3. The van der Waals surface area contributed by atoms with Gasteiger partial charge in [-0.3, -0.25) is 4.90 Å². The lowest BCUT2D eigenvalue weighted by molar-refractivity contribution is -0.0312. The molecule has 1 N–H and O–H groups in total. The van der Waals surface area contributed by atoms with Crippen molar-refractivity contribution in [1.29, 1.82) is 0 Å². The van der Waals surface area contributed by atoms with Crippen molar-refractivity contribution >= 4 is 5.97 Å². The molecule has 0 bridgehead atoms. The van der Waals surface area contributed by atoms with Gasteiger partial charge in [0, 0.05) is 31.3 Å². The zero-order chi connectivity index (χ0) is 30.6. The molecule has 4 heterocycles. The van der Waals surface area contributed by atoms with Crippen LogP contribution < -0.4 is 9.47 Å². The van der Waals surface area contributed by atoms with Crippen LogP contribution in [0.15, 0.2) is 60.8 Å². The maximum atomic E-state index is 11.7. The molecule has 44 heavy (non-hydrogen) atoms. The van der Waals surface area contributed by atoms with Gasteiger partial charge in [0.2, 0.25) is 5.88 Å². The maximum absolute atomic E-state index is 11.7. The number of carboxylic acid groups (broad SMARTS) is 1. The first-order valence-corrected chi connectivity index (χ1v) is 15.6. The van der Waals surface area contributed by atoms with E-state index in [9.17, 15) is 9.90 Å². The van der Waals surface area contributed by atoms with E-state index in [1.165, 1.54) is 22.0 Å². The molecule has 2 unspecified atom stereocenters. The summed E-state index contributed by atoms with van der Waals surface area (Å²) < 4.78 is 19.5. The van der Waals surface area contributed by atoms with Crippen LogP contribution in [-0.4, -0.2) is 62.6 Å². The van der Waals surface area contributed by atoms with Crippen LogP contribution in [0.25, 0.3) is 17.1 Å². The highest BCUT2D eigenvalue weighted by atomic mass is 16.5. The minimum absolute atomic E-state index is 0.00916. The quantitative estimate of drug-likeness (QED) is 0.230. The first kappa shape index (κ1) is 29.8. The van der Waals surface area contributed by atoms with Gasteiger partial charge in [-0.2, -0.15) is 9.78 Å². The molecule has 2 aromatic carbocycles.